The zero-order valence-electron chi connectivity index (χ0n) is 15.2. The van der Waals surface area contributed by atoms with Crippen LogP contribution in [0.5, 0.6) is 0 Å². The number of aromatic nitrogens is 4. The van der Waals surface area contributed by atoms with Gasteiger partial charge in [-0.3, -0.25) is 9.36 Å². The summed E-state index contributed by atoms with van der Waals surface area (Å²) < 4.78 is 7.24. The second-order valence-electron chi connectivity index (χ2n) is 6.94. The average molecular weight is 353 g/mol. The van der Waals surface area contributed by atoms with Gasteiger partial charge in [-0.25, -0.2) is 4.98 Å². The Morgan fingerprint density at radius 2 is 2.15 bits per heavy atom. The Morgan fingerprint density at radius 3 is 3.00 bits per heavy atom. The Labute approximate surface area is 151 Å². The Hall–Kier alpha value is -2.54. The molecule has 0 spiro atoms. The minimum Gasteiger partial charge on any atom is -0.334 e. The smallest absolute Gasteiger partial charge is 0.261 e. The summed E-state index contributed by atoms with van der Waals surface area (Å²) in [6, 6.07) is 5.82. The van der Waals surface area contributed by atoms with E-state index in [-0.39, 0.29) is 11.6 Å². The topological polar surface area (TPSA) is 85.8 Å². The quantitative estimate of drug-likeness (QED) is 0.775. The highest BCUT2D eigenvalue weighted by atomic mass is 16.5. The molecule has 3 aromatic rings. The summed E-state index contributed by atoms with van der Waals surface area (Å²) in [5, 5.41) is 7.85. The SMILES string of the molecule is CNC(C)Cc1noc(-c2ccc3c(=O)n4c(nc3c2)CCCCC4)n1. The second-order valence-corrected chi connectivity index (χ2v) is 6.94. The van der Waals surface area contributed by atoms with Gasteiger partial charge in [-0.1, -0.05) is 11.6 Å². The fourth-order valence-electron chi connectivity index (χ4n) is 3.38. The molecule has 0 amide bonds. The van der Waals surface area contributed by atoms with Crippen LogP contribution in [-0.4, -0.2) is 32.8 Å². The highest BCUT2D eigenvalue weighted by Crippen LogP contribution is 2.22. The van der Waals surface area contributed by atoms with Gasteiger partial charge in [0.2, 0.25) is 0 Å². The minimum atomic E-state index is 0.0486. The lowest BCUT2D eigenvalue weighted by Crippen LogP contribution is -2.24. The number of likely N-dealkylation sites (N-methyl/N-ethyl adjacent to an activating group) is 1. The van der Waals surface area contributed by atoms with E-state index in [1.807, 2.05) is 29.8 Å². The van der Waals surface area contributed by atoms with Crippen LogP contribution >= 0.6 is 0 Å². The molecule has 1 N–H and O–H groups in total. The summed E-state index contributed by atoms with van der Waals surface area (Å²) in [7, 11) is 1.90. The van der Waals surface area contributed by atoms with Crippen molar-refractivity contribution in [1.29, 1.82) is 0 Å². The molecule has 1 aromatic carbocycles. The van der Waals surface area contributed by atoms with Crippen LogP contribution in [0.2, 0.25) is 0 Å². The fraction of sp³-hybridized carbons (Fsp3) is 0.474. The van der Waals surface area contributed by atoms with Crippen LogP contribution in [0.3, 0.4) is 0 Å². The number of benzene rings is 1. The van der Waals surface area contributed by atoms with Crippen molar-refractivity contribution in [3.8, 4) is 11.5 Å². The van der Waals surface area contributed by atoms with Crippen molar-refractivity contribution in [2.75, 3.05) is 7.05 Å². The van der Waals surface area contributed by atoms with Gasteiger partial charge >= 0.3 is 0 Å². The van der Waals surface area contributed by atoms with E-state index >= 15 is 0 Å². The molecule has 0 saturated carbocycles. The molecule has 1 atom stereocenters. The first-order valence-electron chi connectivity index (χ1n) is 9.19. The summed E-state index contributed by atoms with van der Waals surface area (Å²) in [6.45, 7) is 2.82. The molecule has 1 unspecified atom stereocenters. The molecule has 26 heavy (non-hydrogen) atoms. The van der Waals surface area contributed by atoms with E-state index in [1.165, 1.54) is 0 Å². The zero-order valence-corrected chi connectivity index (χ0v) is 15.2. The van der Waals surface area contributed by atoms with Gasteiger partial charge in [0.25, 0.3) is 11.4 Å². The van der Waals surface area contributed by atoms with Crippen molar-refractivity contribution in [2.24, 2.45) is 0 Å². The monoisotopic (exact) mass is 353 g/mol. The third-order valence-corrected chi connectivity index (χ3v) is 5.01. The number of nitrogens with one attached hydrogen (secondary N) is 1. The summed E-state index contributed by atoms with van der Waals surface area (Å²) in [4.78, 5) is 22.0. The van der Waals surface area contributed by atoms with Crippen molar-refractivity contribution in [2.45, 2.75) is 51.6 Å². The molecule has 7 heteroatoms. The van der Waals surface area contributed by atoms with Gasteiger partial charge in [-0.05, 0) is 45.0 Å². The molecule has 136 valence electrons. The Bertz CT molecular complexity index is 991. The Morgan fingerprint density at radius 1 is 1.27 bits per heavy atom. The van der Waals surface area contributed by atoms with E-state index in [4.69, 9.17) is 9.51 Å². The van der Waals surface area contributed by atoms with E-state index in [9.17, 15) is 4.79 Å². The number of hydrogen-bond donors (Lipinski definition) is 1. The second kappa shape index (κ2) is 6.99. The molecular formula is C19H23N5O2. The number of hydrogen-bond acceptors (Lipinski definition) is 6. The predicted molar refractivity (Wildman–Crippen MR) is 99.1 cm³/mol. The van der Waals surface area contributed by atoms with Crippen LogP contribution in [0.15, 0.2) is 27.5 Å². The van der Waals surface area contributed by atoms with Crippen LogP contribution in [-0.2, 0) is 19.4 Å². The van der Waals surface area contributed by atoms with Gasteiger partial charge in [0.1, 0.15) is 5.82 Å². The predicted octanol–water partition coefficient (Wildman–Crippen LogP) is 2.32. The third kappa shape index (κ3) is 3.14. The molecule has 0 saturated heterocycles. The van der Waals surface area contributed by atoms with Crippen molar-refractivity contribution in [3.05, 3.63) is 40.2 Å². The van der Waals surface area contributed by atoms with Crippen molar-refractivity contribution >= 4 is 10.9 Å². The van der Waals surface area contributed by atoms with Crippen molar-refractivity contribution in [3.63, 3.8) is 0 Å². The van der Waals surface area contributed by atoms with E-state index in [0.717, 1.165) is 43.6 Å². The molecule has 0 radical (unpaired) electrons. The van der Waals surface area contributed by atoms with E-state index in [2.05, 4.69) is 22.4 Å². The Kier molecular flexibility index (Phi) is 4.55. The highest BCUT2D eigenvalue weighted by Gasteiger charge is 2.16. The lowest BCUT2D eigenvalue weighted by molar-refractivity contribution is 0.418. The highest BCUT2D eigenvalue weighted by molar-refractivity contribution is 5.82. The Balaban J connectivity index is 1.73. The molecule has 2 aromatic heterocycles. The first-order valence-corrected chi connectivity index (χ1v) is 9.19. The number of aryl methyl sites for hydroxylation is 1. The first-order chi connectivity index (χ1) is 12.7. The molecule has 1 aliphatic heterocycles. The van der Waals surface area contributed by atoms with Gasteiger partial charge in [0, 0.05) is 31.0 Å². The van der Waals surface area contributed by atoms with Crippen LogP contribution < -0.4 is 10.9 Å². The summed E-state index contributed by atoms with van der Waals surface area (Å²) in [5.41, 5.74) is 1.54. The molecule has 0 fully saturated rings. The molecule has 7 nitrogen and oxygen atoms in total. The maximum absolute atomic E-state index is 12.8. The van der Waals surface area contributed by atoms with Crippen molar-refractivity contribution < 1.29 is 4.52 Å². The normalized spacial score (nSPS) is 15.6. The molecule has 0 bridgehead atoms. The van der Waals surface area contributed by atoms with E-state index < -0.39 is 0 Å². The van der Waals surface area contributed by atoms with Gasteiger partial charge in [0.15, 0.2) is 5.82 Å². The first kappa shape index (κ1) is 16.9. The van der Waals surface area contributed by atoms with E-state index in [0.29, 0.717) is 29.0 Å². The van der Waals surface area contributed by atoms with Gasteiger partial charge in [-0.15, -0.1) is 0 Å². The van der Waals surface area contributed by atoms with Gasteiger partial charge < -0.3 is 9.84 Å². The lowest BCUT2D eigenvalue weighted by Gasteiger charge is -2.10. The van der Waals surface area contributed by atoms with Gasteiger partial charge in [-0.2, -0.15) is 4.98 Å². The zero-order chi connectivity index (χ0) is 18.1. The van der Waals surface area contributed by atoms with E-state index in [1.54, 1.807) is 0 Å². The molecule has 4 rings (SSSR count). The lowest BCUT2D eigenvalue weighted by atomic mass is 10.1. The van der Waals surface area contributed by atoms with Crippen LogP contribution in [0.1, 0.15) is 37.8 Å². The summed E-state index contributed by atoms with van der Waals surface area (Å²) in [6.07, 6.45) is 4.80. The summed E-state index contributed by atoms with van der Waals surface area (Å²) >= 11 is 0. The van der Waals surface area contributed by atoms with Crippen molar-refractivity contribution in [1.82, 2.24) is 25.0 Å². The van der Waals surface area contributed by atoms with Crippen LogP contribution in [0.4, 0.5) is 0 Å². The average Bonchev–Trinajstić information content (AvgIpc) is 2.98. The molecule has 1 aliphatic rings. The number of fused-ring (bicyclic) bond motifs is 2. The van der Waals surface area contributed by atoms with Gasteiger partial charge in [0.05, 0.1) is 10.9 Å². The maximum atomic E-state index is 12.8. The minimum absolute atomic E-state index is 0.0486. The fourth-order valence-corrected chi connectivity index (χ4v) is 3.38. The molecule has 0 aliphatic carbocycles. The van der Waals surface area contributed by atoms with Crippen LogP contribution in [0.25, 0.3) is 22.4 Å². The number of rotatable bonds is 4. The maximum Gasteiger partial charge on any atom is 0.261 e. The van der Waals surface area contributed by atoms with Crippen LogP contribution in [0, 0.1) is 0 Å². The summed E-state index contributed by atoms with van der Waals surface area (Å²) in [5.74, 6) is 2.00. The standard InChI is InChI=1S/C19H23N5O2/c1-12(20-2)10-16-22-18(26-23-16)13-7-8-14-15(11-13)21-17-6-4-3-5-9-24(17)19(14)25/h7-8,11-12,20H,3-6,9-10H2,1-2H3. The molecular weight excluding hydrogens is 330 g/mol. The third-order valence-electron chi connectivity index (χ3n) is 5.01. The number of nitrogens with zero attached hydrogens (tertiary/aromatic N) is 4. The molecule has 3 heterocycles. The largest absolute Gasteiger partial charge is 0.334 e.